The van der Waals surface area contributed by atoms with Crippen LogP contribution < -0.4 is 9.47 Å². The van der Waals surface area contributed by atoms with E-state index >= 15 is 0 Å². The van der Waals surface area contributed by atoms with Gasteiger partial charge in [-0.1, -0.05) is 12.1 Å². The maximum Gasteiger partial charge on any atom is 0.160 e. The Morgan fingerprint density at radius 3 is 2.60 bits per heavy atom. The van der Waals surface area contributed by atoms with Crippen molar-refractivity contribution in [1.82, 2.24) is 0 Å². The Labute approximate surface area is 132 Å². The lowest BCUT2D eigenvalue weighted by atomic mass is 10.1. The van der Waals surface area contributed by atoms with Crippen LogP contribution in [0.15, 0.2) is 42.5 Å². The Kier molecular flexibility index (Phi) is 5.00. The summed E-state index contributed by atoms with van der Waals surface area (Å²) in [5, 5.41) is 0. The number of halogens is 1. The molecular weight excluding hydrogens is 367 g/mol. The van der Waals surface area contributed by atoms with Crippen molar-refractivity contribution < 1.29 is 14.3 Å². The van der Waals surface area contributed by atoms with E-state index < -0.39 is 0 Å². The predicted octanol–water partition coefficient (Wildman–Crippen LogP) is 4.08. The Morgan fingerprint density at radius 2 is 1.95 bits per heavy atom. The number of methoxy groups -OCH3 is 1. The summed E-state index contributed by atoms with van der Waals surface area (Å²) in [6, 6.07) is 13.2. The van der Waals surface area contributed by atoms with Crippen LogP contribution in [0.2, 0.25) is 0 Å². The van der Waals surface area contributed by atoms with Gasteiger partial charge in [0.1, 0.15) is 18.1 Å². The van der Waals surface area contributed by atoms with Gasteiger partial charge in [0.05, 0.1) is 7.11 Å². The molecule has 0 aliphatic heterocycles. The summed E-state index contributed by atoms with van der Waals surface area (Å²) in [6.07, 6.45) is 0. The highest BCUT2D eigenvalue weighted by molar-refractivity contribution is 14.1. The fourth-order valence-electron chi connectivity index (χ4n) is 1.80. The molecule has 3 nitrogen and oxygen atoms in total. The van der Waals surface area contributed by atoms with E-state index in [4.69, 9.17) is 9.47 Å². The summed E-state index contributed by atoms with van der Waals surface area (Å²) >= 11 is 2.15. The first kappa shape index (κ1) is 14.8. The molecule has 2 aromatic rings. The number of ketones is 1. The molecule has 2 aromatic carbocycles. The zero-order chi connectivity index (χ0) is 14.5. The quantitative estimate of drug-likeness (QED) is 0.578. The minimum Gasteiger partial charge on any atom is -0.497 e. The number of Topliss-reactive ketones (excluding diaryl/α,β-unsaturated/α-hetero) is 1. The molecule has 0 spiro atoms. The molecule has 0 saturated carbocycles. The first-order valence-electron chi connectivity index (χ1n) is 6.16. The second-order valence-electron chi connectivity index (χ2n) is 4.34. The van der Waals surface area contributed by atoms with Gasteiger partial charge in [-0.15, -0.1) is 0 Å². The molecule has 0 amide bonds. The van der Waals surface area contributed by atoms with Gasteiger partial charge in [0, 0.05) is 9.13 Å². The van der Waals surface area contributed by atoms with Crippen molar-refractivity contribution >= 4 is 28.4 Å². The predicted molar refractivity (Wildman–Crippen MR) is 86.5 cm³/mol. The van der Waals surface area contributed by atoms with Crippen LogP contribution in [0.25, 0.3) is 0 Å². The third kappa shape index (κ3) is 3.72. The van der Waals surface area contributed by atoms with Crippen LogP contribution in [0.3, 0.4) is 0 Å². The summed E-state index contributed by atoms with van der Waals surface area (Å²) in [5.41, 5.74) is 1.76. The standard InChI is InChI=1S/C16H15IO3/c1-11(18)15-7-6-14(9-16(15)17)20-10-12-4-3-5-13(8-12)19-2/h3-9H,10H2,1-2H3. The first-order chi connectivity index (χ1) is 9.60. The average molecular weight is 382 g/mol. The van der Waals surface area contributed by atoms with E-state index in [0.717, 1.165) is 26.2 Å². The number of carbonyl (C=O) groups is 1. The van der Waals surface area contributed by atoms with E-state index in [1.54, 1.807) is 20.1 Å². The normalized spacial score (nSPS) is 10.2. The van der Waals surface area contributed by atoms with Gasteiger partial charge in [-0.05, 0) is 65.4 Å². The van der Waals surface area contributed by atoms with Crippen molar-refractivity contribution in [3.63, 3.8) is 0 Å². The van der Waals surface area contributed by atoms with Gasteiger partial charge in [0.2, 0.25) is 0 Å². The molecule has 0 aliphatic carbocycles. The van der Waals surface area contributed by atoms with Crippen LogP contribution in [0.1, 0.15) is 22.8 Å². The molecule has 0 unspecified atom stereocenters. The maximum absolute atomic E-state index is 11.4. The van der Waals surface area contributed by atoms with Crippen LogP contribution in [0.5, 0.6) is 11.5 Å². The van der Waals surface area contributed by atoms with Gasteiger partial charge in [-0.3, -0.25) is 4.79 Å². The van der Waals surface area contributed by atoms with E-state index in [9.17, 15) is 4.79 Å². The Morgan fingerprint density at radius 1 is 1.15 bits per heavy atom. The highest BCUT2D eigenvalue weighted by atomic mass is 127. The molecule has 0 atom stereocenters. The van der Waals surface area contributed by atoms with E-state index in [2.05, 4.69) is 22.6 Å². The number of benzene rings is 2. The molecule has 0 radical (unpaired) electrons. The molecule has 104 valence electrons. The molecule has 0 saturated heterocycles. The highest BCUT2D eigenvalue weighted by Crippen LogP contribution is 2.21. The van der Waals surface area contributed by atoms with Gasteiger partial charge < -0.3 is 9.47 Å². The summed E-state index contributed by atoms with van der Waals surface area (Å²) in [4.78, 5) is 11.4. The van der Waals surface area contributed by atoms with Gasteiger partial charge in [0.15, 0.2) is 5.78 Å². The first-order valence-corrected chi connectivity index (χ1v) is 7.24. The monoisotopic (exact) mass is 382 g/mol. The van der Waals surface area contributed by atoms with E-state index in [1.807, 2.05) is 36.4 Å². The van der Waals surface area contributed by atoms with Crippen molar-refractivity contribution in [1.29, 1.82) is 0 Å². The molecular formula is C16H15IO3. The molecule has 0 fully saturated rings. The third-order valence-corrected chi connectivity index (χ3v) is 3.75. The van der Waals surface area contributed by atoms with Crippen LogP contribution in [-0.4, -0.2) is 12.9 Å². The van der Waals surface area contributed by atoms with Crippen LogP contribution >= 0.6 is 22.6 Å². The fourth-order valence-corrected chi connectivity index (χ4v) is 2.67. The second-order valence-corrected chi connectivity index (χ2v) is 5.50. The topological polar surface area (TPSA) is 35.5 Å². The number of carbonyl (C=O) groups excluding carboxylic acids is 1. The molecule has 0 N–H and O–H groups in total. The zero-order valence-corrected chi connectivity index (χ0v) is 13.5. The molecule has 2 rings (SSSR count). The van der Waals surface area contributed by atoms with Crippen LogP contribution in [0.4, 0.5) is 0 Å². The molecule has 0 bridgehead atoms. The zero-order valence-electron chi connectivity index (χ0n) is 11.4. The van der Waals surface area contributed by atoms with Crippen molar-refractivity contribution in [2.75, 3.05) is 7.11 Å². The van der Waals surface area contributed by atoms with Crippen molar-refractivity contribution in [2.24, 2.45) is 0 Å². The Bertz CT molecular complexity index is 623. The lowest BCUT2D eigenvalue weighted by Crippen LogP contribution is -1.99. The second kappa shape index (κ2) is 6.74. The Balaban J connectivity index is 2.07. The smallest absolute Gasteiger partial charge is 0.160 e. The van der Waals surface area contributed by atoms with E-state index in [0.29, 0.717) is 6.61 Å². The lowest BCUT2D eigenvalue weighted by molar-refractivity contribution is 0.101. The lowest BCUT2D eigenvalue weighted by Gasteiger charge is -2.09. The van der Waals surface area contributed by atoms with Crippen molar-refractivity contribution in [3.8, 4) is 11.5 Å². The summed E-state index contributed by atoms with van der Waals surface area (Å²) in [6.45, 7) is 2.03. The molecule has 4 heteroatoms. The highest BCUT2D eigenvalue weighted by Gasteiger charge is 2.06. The number of hydrogen-bond acceptors (Lipinski definition) is 3. The van der Waals surface area contributed by atoms with Gasteiger partial charge in [-0.2, -0.15) is 0 Å². The van der Waals surface area contributed by atoms with Gasteiger partial charge in [0.25, 0.3) is 0 Å². The number of hydrogen-bond donors (Lipinski definition) is 0. The summed E-state index contributed by atoms with van der Waals surface area (Å²) < 4.78 is 11.8. The van der Waals surface area contributed by atoms with Crippen LogP contribution in [-0.2, 0) is 6.61 Å². The van der Waals surface area contributed by atoms with Crippen molar-refractivity contribution in [3.05, 3.63) is 57.2 Å². The Hall–Kier alpha value is -1.56. The summed E-state index contributed by atoms with van der Waals surface area (Å²) in [5.74, 6) is 1.63. The SMILES string of the molecule is COc1cccc(COc2ccc(C(C)=O)c(I)c2)c1. The van der Waals surface area contributed by atoms with Gasteiger partial charge >= 0.3 is 0 Å². The van der Waals surface area contributed by atoms with Gasteiger partial charge in [-0.25, -0.2) is 0 Å². The summed E-state index contributed by atoms with van der Waals surface area (Å²) in [7, 11) is 1.64. The van der Waals surface area contributed by atoms with E-state index in [-0.39, 0.29) is 5.78 Å². The maximum atomic E-state index is 11.4. The minimum absolute atomic E-state index is 0.0637. The molecule has 0 heterocycles. The third-order valence-electron chi connectivity index (χ3n) is 2.86. The van der Waals surface area contributed by atoms with E-state index in [1.165, 1.54) is 0 Å². The molecule has 0 aromatic heterocycles. The number of rotatable bonds is 5. The largest absolute Gasteiger partial charge is 0.497 e. The minimum atomic E-state index is 0.0637. The average Bonchev–Trinajstić information content (AvgIpc) is 2.45. The van der Waals surface area contributed by atoms with Crippen LogP contribution in [0, 0.1) is 3.57 Å². The molecule has 0 aliphatic rings. The van der Waals surface area contributed by atoms with Crippen molar-refractivity contribution in [2.45, 2.75) is 13.5 Å². The molecule has 20 heavy (non-hydrogen) atoms. The fraction of sp³-hybridized carbons (Fsp3) is 0.188. The number of ether oxygens (including phenoxy) is 2.